The van der Waals surface area contributed by atoms with Gasteiger partial charge < -0.3 is 25.0 Å². The number of hydrogen-bond donors (Lipinski definition) is 2. The van der Waals surface area contributed by atoms with Crippen LogP contribution >= 0.6 is 0 Å². The highest BCUT2D eigenvalue weighted by atomic mass is 16.6. The molecule has 0 heterocycles. The predicted molar refractivity (Wildman–Crippen MR) is 151 cm³/mol. The Morgan fingerprint density at radius 1 is 1.05 bits per heavy atom. The van der Waals surface area contributed by atoms with Gasteiger partial charge in [-0.05, 0) is 57.2 Å². The lowest BCUT2D eigenvalue weighted by atomic mass is 9.98. The Balaban J connectivity index is 3.51. The van der Waals surface area contributed by atoms with Gasteiger partial charge in [-0.15, -0.1) is 6.42 Å². The summed E-state index contributed by atoms with van der Waals surface area (Å²) in [6.07, 6.45) is 8.64. The molecule has 1 aromatic rings. The van der Waals surface area contributed by atoms with Crippen molar-refractivity contribution >= 4 is 23.9 Å². The van der Waals surface area contributed by atoms with Gasteiger partial charge in [0.2, 0.25) is 11.8 Å². The maximum absolute atomic E-state index is 14.1. The van der Waals surface area contributed by atoms with Gasteiger partial charge in [-0.2, -0.15) is 0 Å². The number of benzene rings is 1. The van der Waals surface area contributed by atoms with Crippen LogP contribution in [0.15, 0.2) is 24.3 Å². The summed E-state index contributed by atoms with van der Waals surface area (Å²) in [4.78, 5) is 53.6. The van der Waals surface area contributed by atoms with Crippen molar-refractivity contribution in [3.8, 4) is 12.3 Å². The van der Waals surface area contributed by atoms with Crippen molar-refractivity contribution in [3.63, 3.8) is 0 Å². The number of amides is 3. The number of methoxy groups -OCH3 is 1. The molecule has 1 aromatic carbocycles. The number of hydrogen-bond acceptors (Lipinski definition) is 6. The number of nitrogens with zero attached hydrogens (tertiary/aromatic N) is 1. The number of nitrogens with one attached hydrogen (secondary N) is 2. The fraction of sp³-hybridized carbons (Fsp3) is 0.600. The van der Waals surface area contributed by atoms with Crippen molar-refractivity contribution in [1.29, 1.82) is 0 Å². The summed E-state index contributed by atoms with van der Waals surface area (Å²) in [5, 5.41) is 5.31. The third-order valence-electron chi connectivity index (χ3n) is 5.82. The average molecular weight is 544 g/mol. The second-order valence-corrected chi connectivity index (χ2v) is 10.9. The number of terminal acetylenes is 1. The monoisotopic (exact) mass is 543 g/mol. The van der Waals surface area contributed by atoms with Gasteiger partial charge in [0.1, 0.15) is 24.2 Å². The maximum atomic E-state index is 14.1. The molecule has 0 saturated heterocycles. The molecule has 0 fully saturated rings. The van der Waals surface area contributed by atoms with Crippen molar-refractivity contribution in [3.05, 3.63) is 35.4 Å². The molecule has 0 aliphatic carbocycles. The summed E-state index contributed by atoms with van der Waals surface area (Å²) in [5.41, 5.74) is 0.406. The van der Waals surface area contributed by atoms with Crippen LogP contribution in [0.1, 0.15) is 90.8 Å². The minimum atomic E-state index is -1.06. The molecule has 1 rings (SSSR count). The molecule has 0 aliphatic heterocycles. The highest BCUT2D eigenvalue weighted by Crippen LogP contribution is 2.25. The molecule has 0 saturated carbocycles. The molecule has 3 amide bonds. The summed E-state index contributed by atoms with van der Waals surface area (Å²) in [7, 11) is 1.23. The van der Waals surface area contributed by atoms with E-state index < -0.39 is 41.6 Å². The molecule has 2 unspecified atom stereocenters. The molecule has 9 heteroatoms. The lowest BCUT2D eigenvalue weighted by molar-refractivity contribution is -0.145. The van der Waals surface area contributed by atoms with E-state index in [1.807, 2.05) is 13.8 Å². The van der Waals surface area contributed by atoms with Gasteiger partial charge in [-0.3, -0.25) is 14.4 Å². The van der Waals surface area contributed by atoms with Crippen molar-refractivity contribution in [1.82, 2.24) is 15.5 Å². The Morgan fingerprint density at radius 3 is 2.21 bits per heavy atom. The molecular formula is C30H45N3O6. The Hall–Kier alpha value is -3.54. The van der Waals surface area contributed by atoms with Gasteiger partial charge >= 0.3 is 12.1 Å². The second kappa shape index (κ2) is 16.4. The molecule has 2 atom stereocenters. The Bertz CT molecular complexity index is 991. The lowest BCUT2D eigenvalue weighted by Gasteiger charge is -2.35. The molecule has 2 N–H and O–H groups in total. The van der Waals surface area contributed by atoms with E-state index in [9.17, 15) is 19.2 Å². The molecule has 0 bridgehead atoms. The van der Waals surface area contributed by atoms with Crippen LogP contribution in [0.3, 0.4) is 0 Å². The number of rotatable bonds is 14. The molecule has 216 valence electrons. The molecular weight excluding hydrogens is 498 g/mol. The van der Waals surface area contributed by atoms with Gasteiger partial charge in [0, 0.05) is 12.1 Å². The first-order chi connectivity index (χ1) is 18.3. The van der Waals surface area contributed by atoms with E-state index in [0.29, 0.717) is 24.0 Å². The molecule has 0 radical (unpaired) electrons. The number of alkyl carbamates (subject to hydrolysis) is 1. The largest absolute Gasteiger partial charge is 0.468 e. The van der Waals surface area contributed by atoms with Gasteiger partial charge in [-0.1, -0.05) is 58.1 Å². The van der Waals surface area contributed by atoms with Crippen LogP contribution < -0.4 is 10.6 Å². The van der Waals surface area contributed by atoms with Crippen LogP contribution in [-0.2, 0) is 23.9 Å². The fourth-order valence-corrected chi connectivity index (χ4v) is 3.98. The lowest BCUT2D eigenvalue weighted by Crippen LogP contribution is -2.54. The van der Waals surface area contributed by atoms with Gasteiger partial charge in [0.15, 0.2) is 0 Å². The van der Waals surface area contributed by atoms with Crippen molar-refractivity contribution in [2.24, 2.45) is 5.92 Å². The molecule has 0 spiro atoms. The van der Waals surface area contributed by atoms with E-state index in [1.165, 1.54) is 12.0 Å². The highest BCUT2D eigenvalue weighted by molar-refractivity contribution is 5.93. The average Bonchev–Trinajstić information content (AvgIpc) is 2.86. The van der Waals surface area contributed by atoms with E-state index in [-0.39, 0.29) is 19.0 Å². The van der Waals surface area contributed by atoms with Crippen molar-refractivity contribution in [2.45, 2.75) is 91.3 Å². The summed E-state index contributed by atoms with van der Waals surface area (Å²) in [6, 6.07) is 4.80. The Kier molecular flexibility index (Phi) is 14.1. The van der Waals surface area contributed by atoms with Gasteiger partial charge in [0.25, 0.3) is 0 Å². The highest BCUT2D eigenvalue weighted by Gasteiger charge is 2.36. The fourth-order valence-electron chi connectivity index (χ4n) is 3.98. The summed E-state index contributed by atoms with van der Waals surface area (Å²) >= 11 is 0. The summed E-state index contributed by atoms with van der Waals surface area (Å²) in [5.74, 6) is 1.04. The SMILES string of the molecule is C#Cc1ccc(C(C(=O)NCC(=O)OC)N(CCCCCC)C(=O)C(CC(C)C)NC(=O)OC(C)(C)C)cc1. The third-order valence-corrected chi connectivity index (χ3v) is 5.82. The van der Waals surface area contributed by atoms with Crippen LogP contribution in [0.4, 0.5) is 4.79 Å². The van der Waals surface area contributed by atoms with Gasteiger partial charge in [0.05, 0.1) is 7.11 Å². The van der Waals surface area contributed by atoms with E-state index in [1.54, 1.807) is 45.0 Å². The standard InChI is InChI=1S/C30H45N3O6/c1-9-11-12-13-18-33(28(36)24(19-21(3)4)32-29(37)39-30(5,6)7)26(27(35)31-20-25(34)38-8)23-16-14-22(10-2)15-17-23/h2,14-17,21,24,26H,9,11-13,18-20H2,1,3-8H3,(H,31,35)(H,32,37). The zero-order valence-corrected chi connectivity index (χ0v) is 24.5. The first-order valence-electron chi connectivity index (χ1n) is 13.5. The topological polar surface area (TPSA) is 114 Å². The van der Waals surface area contributed by atoms with Crippen LogP contribution in [0.25, 0.3) is 0 Å². The normalized spacial score (nSPS) is 12.6. The van der Waals surface area contributed by atoms with Crippen molar-refractivity contribution < 1.29 is 28.7 Å². The second-order valence-electron chi connectivity index (χ2n) is 10.9. The first-order valence-corrected chi connectivity index (χ1v) is 13.5. The smallest absolute Gasteiger partial charge is 0.408 e. The number of ether oxygens (including phenoxy) is 2. The summed E-state index contributed by atoms with van der Waals surface area (Å²) < 4.78 is 10.1. The molecule has 9 nitrogen and oxygen atoms in total. The first kappa shape index (κ1) is 33.5. The molecule has 0 aromatic heterocycles. The van der Waals surface area contributed by atoms with E-state index in [0.717, 1.165) is 19.3 Å². The number of carbonyl (C=O) groups is 4. The summed E-state index contributed by atoms with van der Waals surface area (Å²) in [6.45, 7) is 11.1. The quantitative estimate of drug-likeness (QED) is 0.205. The number of carbonyl (C=O) groups excluding carboxylic acids is 4. The Morgan fingerprint density at radius 2 is 1.69 bits per heavy atom. The number of esters is 1. The minimum Gasteiger partial charge on any atom is -0.468 e. The Labute approximate surface area is 233 Å². The molecule has 0 aliphatic rings. The van der Waals surface area contributed by atoms with E-state index in [4.69, 9.17) is 11.2 Å². The van der Waals surface area contributed by atoms with Crippen LogP contribution in [0, 0.1) is 18.3 Å². The minimum absolute atomic E-state index is 0.0670. The zero-order valence-electron chi connectivity index (χ0n) is 24.5. The zero-order chi connectivity index (χ0) is 29.6. The van der Waals surface area contributed by atoms with Crippen LogP contribution in [0.5, 0.6) is 0 Å². The van der Waals surface area contributed by atoms with Crippen molar-refractivity contribution in [2.75, 3.05) is 20.2 Å². The predicted octanol–water partition coefficient (Wildman–Crippen LogP) is 4.35. The number of unbranched alkanes of at least 4 members (excludes halogenated alkanes) is 3. The van der Waals surface area contributed by atoms with Crippen LogP contribution in [0.2, 0.25) is 0 Å². The van der Waals surface area contributed by atoms with E-state index >= 15 is 0 Å². The van der Waals surface area contributed by atoms with Crippen LogP contribution in [-0.4, -0.2) is 60.6 Å². The maximum Gasteiger partial charge on any atom is 0.408 e. The molecule has 39 heavy (non-hydrogen) atoms. The van der Waals surface area contributed by atoms with E-state index in [2.05, 4.69) is 28.2 Å². The van der Waals surface area contributed by atoms with Gasteiger partial charge in [-0.25, -0.2) is 4.79 Å². The third kappa shape index (κ3) is 12.2.